The Morgan fingerprint density at radius 3 is 2.72 bits per heavy atom. The van der Waals surface area contributed by atoms with Gasteiger partial charge in [-0.2, -0.15) is 0 Å². The molecule has 3 nitrogen and oxygen atoms in total. The van der Waals surface area contributed by atoms with Crippen LogP contribution in [0.5, 0.6) is 0 Å². The summed E-state index contributed by atoms with van der Waals surface area (Å²) in [7, 11) is 1.96. The molecule has 1 aliphatic heterocycles. The molecule has 0 spiro atoms. The van der Waals surface area contributed by atoms with Gasteiger partial charge in [0.05, 0.1) is 5.69 Å². The highest BCUT2D eigenvalue weighted by Crippen LogP contribution is 2.27. The number of pyridine rings is 1. The van der Waals surface area contributed by atoms with Gasteiger partial charge in [-0.3, -0.25) is 4.98 Å². The van der Waals surface area contributed by atoms with E-state index in [0.717, 1.165) is 24.1 Å². The van der Waals surface area contributed by atoms with Crippen molar-refractivity contribution in [1.29, 1.82) is 0 Å². The number of hydrogen-bond acceptors (Lipinski definition) is 3. The van der Waals surface area contributed by atoms with E-state index in [2.05, 4.69) is 41.2 Å². The van der Waals surface area contributed by atoms with E-state index in [4.69, 9.17) is 0 Å². The Labute approximate surface area is 111 Å². The van der Waals surface area contributed by atoms with Gasteiger partial charge in [0.25, 0.3) is 0 Å². The van der Waals surface area contributed by atoms with E-state index in [1.165, 1.54) is 31.6 Å². The molecule has 0 saturated carbocycles. The summed E-state index contributed by atoms with van der Waals surface area (Å²) in [4.78, 5) is 6.88. The third kappa shape index (κ3) is 3.22. The minimum absolute atomic E-state index is 0.824. The molecule has 0 unspecified atom stereocenters. The Bertz CT molecular complexity index is 368. The molecule has 0 aliphatic carbocycles. The first-order chi connectivity index (χ1) is 8.70. The van der Waals surface area contributed by atoms with Gasteiger partial charge in [0, 0.05) is 31.5 Å². The molecule has 2 rings (SSSR count). The lowest BCUT2D eigenvalue weighted by Gasteiger charge is -2.35. The van der Waals surface area contributed by atoms with Crippen LogP contribution in [0.1, 0.15) is 32.4 Å². The number of nitrogens with zero attached hydrogens (tertiary/aromatic N) is 2. The van der Waals surface area contributed by atoms with E-state index in [9.17, 15) is 0 Å². The lowest BCUT2D eigenvalue weighted by atomic mass is 9.86. The van der Waals surface area contributed by atoms with E-state index in [-0.39, 0.29) is 0 Å². The lowest BCUT2D eigenvalue weighted by molar-refractivity contribution is 0.311. The lowest BCUT2D eigenvalue weighted by Crippen LogP contribution is -2.35. The first kappa shape index (κ1) is 13.3. The highest BCUT2D eigenvalue weighted by molar-refractivity contribution is 5.46. The molecule has 1 saturated heterocycles. The summed E-state index contributed by atoms with van der Waals surface area (Å²) in [6.45, 7) is 7.91. The molecule has 1 aromatic rings. The van der Waals surface area contributed by atoms with Crippen LogP contribution in [0.3, 0.4) is 0 Å². The van der Waals surface area contributed by atoms with Gasteiger partial charge in [0.1, 0.15) is 0 Å². The SMILES string of the molecule is CNCc1cc(N2CCC(C(C)C)CC2)ccn1. The molecule has 2 heterocycles. The molecule has 100 valence electrons. The van der Waals surface area contributed by atoms with Crippen molar-refractivity contribution in [2.45, 2.75) is 33.2 Å². The summed E-state index contributed by atoms with van der Waals surface area (Å²) in [6, 6.07) is 4.35. The second-order valence-corrected chi connectivity index (χ2v) is 5.60. The van der Waals surface area contributed by atoms with Crippen LogP contribution in [0, 0.1) is 11.8 Å². The zero-order chi connectivity index (χ0) is 13.0. The van der Waals surface area contributed by atoms with Crippen LogP contribution in [0.4, 0.5) is 5.69 Å². The van der Waals surface area contributed by atoms with Crippen molar-refractivity contribution in [1.82, 2.24) is 10.3 Å². The Kier molecular flexibility index (Phi) is 4.59. The summed E-state index contributed by atoms with van der Waals surface area (Å²) in [5.74, 6) is 1.73. The molecule has 3 heteroatoms. The van der Waals surface area contributed by atoms with Crippen LogP contribution in [-0.4, -0.2) is 25.1 Å². The minimum Gasteiger partial charge on any atom is -0.371 e. The Balaban J connectivity index is 1.98. The zero-order valence-corrected chi connectivity index (χ0v) is 11.8. The van der Waals surface area contributed by atoms with Gasteiger partial charge in [-0.25, -0.2) is 0 Å². The highest BCUT2D eigenvalue weighted by atomic mass is 15.1. The van der Waals surface area contributed by atoms with E-state index >= 15 is 0 Å². The third-order valence-electron chi connectivity index (χ3n) is 4.01. The highest BCUT2D eigenvalue weighted by Gasteiger charge is 2.21. The van der Waals surface area contributed by atoms with Crippen molar-refractivity contribution in [3.8, 4) is 0 Å². The fourth-order valence-electron chi connectivity index (χ4n) is 2.76. The number of nitrogens with one attached hydrogen (secondary N) is 1. The van der Waals surface area contributed by atoms with Gasteiger partial charge in [-0.1, -0.05) is 13.8 Å². The molecule has 0 atom stereocenters. The van der Waals surface area contributed by atoms with Gasteiger partial charge in [-0.05, 0) is 43.9 Å². The third-order valence-corrected chi connectivity index (χ3v) is 4.01. The van der Waals surface area contributed by atoms with E-state index < -0.39 is 0 Å². The van der Waals surface area contributed by atoms with Crippen LogP contribution < -0.4 is 10.2 Å². The van der Waals surface area contributed by atoms with Crippen LogP contribution in [0.25, 0.3) is 0 Å². The Morgan fingerprint density at radius 2 is 2.11 bits per heavy atom. The maximum absolute atomic E-state index is 4.38. The number of anilines is 1. The maximum atomic E-state index is 4.38. The molecule has 0 amide bonds. The van der Waals surface area contributed by atoms with Crippen molar-refractivity contribution < 1.29 is 0 Å². The molecular formula is C15H25N3. The molecule has 0 aromatic carbocycles. The fourth-order valence-corrected chi connectivity index (χ4v) is 2.76. The maximum Gasteiger partial charge on any atom is 0.0562 e. The van der Waals surface area contributed by atoms with Crippen molar-refractivity contribution in [3.05, 3.63) is 24.0 Å². The average Bonchev–Trinajstić information content (AvgIpc) is 2.39. The van der Waals surface area contributed by atoms with E-state index in [1.54, 1.807) is 0 Å². The second-order valence-electron chi connectivity index (χ2n) is 5.60. The van der Waals surface area contributed by atoms with Crippen LogP contribution in [-0.2, 0) is 6.54 Å². The summed E-state index contributed by atoms with van der Waals surface area (Å²) >= 11 is 0. The first-order valence-corrected chi connectivity index (χ1v) is 7.05. The summed E-state index contributed by atoms with van der Waals surface area (Å²) in [6.07, 6.45) is 4.57. The number of piperidine rings is 1. The Morgan fingerprint density at radius 1 is 1.39 bits per heavy atom. The summed E-state index contributed by atoms with van der Waals surface area (Å²) in [5, 5.41) is 3.16. The van der Waals surface area contributed by atoms with Gasteiger partial charge >= 0.3 is 0 Å². The molecule has 1 N–H and O–H groups in total. The van der Waals surface area contributed by atoms with Gasteiger partial charge in [-0.15, -0.1) is 0 Å². The molecule has 1 fully saturated rings. The predicted octanol–water partition coefficient (Wildman–Crippen LogP) is 2.67. The number of rotatable bonds is 4. The summed E-state index contributed by atoms with van der Waals surface area (Å²) in [5.41, 5.74) is 2.46. The molecule has 1 aliphatic rings. The van der Waals surface area contributed by atoms with E-state index in [1.807, 2.05) is 13.2 Å². The normalized spacial score (nSPS) is 17.4. The molecule has 0 bridgehead atoms. The second kappa shape index (κ2) is 6.19. The molecular weight excluding hydrogens is 222 g/mol. The molecule has 1 aromatic heterocycles. The minimum atomic E-state index is 0.824. The van der Waals surface area contributed by atoms with Gasteiger partial charge < -0.3 is 10.2 Å². The largest absolute Gasteiger partial charge is 0.371 e. The Hall–Kier alpha value is -1.09. The van der Waals surface area contributed by atoms with Crippen molar-refractivity contribution in [2.24, 2.45) is 11.8 Å². The monoisotopic (exact) mass is 247 g/mol. The van der Waals surface area contributed by atoms with Gasteiger partial charge in [0.15, 0.2) is 0 Å². The van der Waals surface area contributed by atoms with Crippen molar-refractivity contribution in [2.75, 3.05) is 25.0 Å². The van der Waals surface area contributed by atoms with Crippen molar-refractivity contribution in [3.63, 3.8) is 0 Å². The summed E-state index contributed by atoms with van der Waals surface area (Å²) < 4.78 is 0. The topological polar surface area (TPSA) is 28.2 Å². The van der Waals surface area contributed by atoms with Crippen LogP contribution in [0.15, 0.2) is 18.3 Å². The average molecular weight is 247 g/mol. The predicted molar refractivity (Wildman–Crippen MR) is 76.8 cm³/mol. The quantitative estimate of drug-likeness (QED) is 0.886. The molecule has 0 radical (unpaired) electrons. The first-order valence-electron chi connectivity index (χ1n) is 7.05. The van der Waals surface area contributed by atoms with Crippen molar-refractivity contribution >= 4 is 5.69 Å². The zero-order valence-electron chi connectivity index (χ0n) is 11.8. The standard InChI is InChI=1S/C15H25N3/c1-12(2)13-5-8-18(9-6-13)15-4-7-17-14(10-15)11-16-3/h4,7,10,12-13,16H,5-6,8-9,11H2,1-3H3. The number of hydrogen-bond donors (Lipinski definition) is 1. The van der Waals surface area contributed by atoms with Crippen LogP contribution >= 0.6 is 0 Å². The fraction of sp³-hybridized carbons (Fsp3) is 0.667. The smallest absolute Gasteiger partial charge is 0.0562 e. The van der Waals surface area contributed by atoms with E-state index in [0.29, 0.717) is 0 Å². The van der Waals surface area contributed by atoms with Gasteiger partial charge in [0.2, 0.25) is 0 Å². The number of aromatic nitrogens is 1. The van der Waals surface area contributed by atoms with Crippen LogP contribution in [0.2, 0.25) is 0 Å². The molecule has 18 heavy (non-hydrogen) atoms.